The molecule has 2 aromatic carbocycles. The highest BCUT2D eigenvalue weighted by atomic mass is 35.5. The summed E-state index contributed by atoms with van der Waals surface area (Å²) in [5.41, 5.74) is 3.65. The average molecular weight is 433 g/mol. The minimum absolute atomic E-state index is 0. The molecule has 3 heterocycles. The first-order valence-corrected chi connectivity index (χ1v) is 11.2. The van der Waals surface area contributed by atoms with Crippen molar-refractivity contribution in [2.75, 3.05) is 36.8 Å². The number of hydrogen-bond acceptors (Lipinski definition) is 4. The smallest absolute Gasteiger partial charge is 0.162 e. The van der Waals surface area contributed by atoms with E-state index in [0.29, 0.717) is 23.9 Å². The first kappa shape index (κ1) is 20.7. The molecule has 3 nitrogen and oxygen atoms in total. The SMILES string of the molecule is Cl.O=C(CCCN1CC[C@H]2[C@@H](C1)c1cccc3c1N2CCS3)c1ccc(F)cc1. The standard InChI is InChI=1S/C23H25FN2OS.ClH/c24-17-8-6-16(7-9-17)21(27)4-2-11-25-12-10-20-19(15-25)18-3-1-5-22-23(18)26(20)13-14-28-22;/h1,3,5-9,19-20H,2,4,10-15H2;1H/t19-,20-;/m0./s1. The number of benzene rings is 2. The summed E-state index contributed by atoms with van der Waals surface area (Å²) in [6, 6.07) is 13.4. The number of hydrogen-bond donors (Lipinski definition) is 0. The number of nitrogens with zero attached hydrogens (tertiary/aromatic N) is 2. The summed E-state index contributed by atoms with van der Waals surface area (Å²) in [5, 5.41) is 0. The van der Waals surface area contributed by atoms with Gasteiger partial charge in [-0.05, 0) is 55.3 Å². The summed E-state index contributed by atoms with van der Waals surface area (Å²) in [6.07, 6.45) is 2.59. The second-order valence-electron chi connectivity index (χ2n) is 8.03. The van der Waals surface area contributed by atoms with E-state index in [1.54, 1.807) is 12.1 Å². The summed E-state index contributed by atoms with van der Waals surface area (Å²) in [4.78, 5) is 19.0. The molecule has 0 saturated carbocycles. The number of carbonyl (C=O) groups excluding carboxylic acids is 1. The van der Waals surface area contributed by atoms with Gasteiger partial charge in [0, 0.05) is 54.2 Å². The lowest BCUT2D eigenvalue weighted by Crippen LogP contribution is -2.47. The number of halogens is 2. The Labute approximate surface area is 182 Å². The number of piperidine rings is 1. The Morgan fingerprint density at radius 2 is 1.97 bits per heavy atom. The number of Topliss-reactive ketones (excluding diaryl/α,β-unsaturated/α-hetero) is 1. The fourth-order valence-corrected chi connectivity index (χ4v) is 6.15. The van der Waals surface area contributed by atoms with Gasteiger partial charge in [-0.25, -0.2) is 4.39 Å². The molecule has 0 N–H and O–H groups in total. The molecular formula is C23H26ClFN2OS. The fraction of sp³-hybridized carbons (Fsp3) is 0.435. The molecule has 5 rings (SSSR count). The number of likely N-dealkylation sites (tertiary alicyclic amines) is 1. The first-order chi connectivity index (χ1) is 13.7. The zero-order valence-corrected chi connectivity index (χ0v) is 18.0. The van der Waals surface area contributed by atoms with Crippen LogP contribution in [-0.2, 0) is 0 Å². The molecule has 0 amide bonds. The largest absolute Gasteiger partial charge is 0.366 e. The minimum atomic E-state index is -0.296. The third kappa shape index (κ3) is 3.92. The number of fused-ring (bicyclic) bond motifs is 3. The predicted molar refractivity (Wildman–Crippen MR) is 119 cm³/mol. The van der Waals surface area contributed by atoms with Crippen LogP contribution in [0.4, 0.5) is 10.1 Å². The van der Waals surface area contributed by atoms with Gasteiger partial charge in [0.05, 0.1) is 5.69 Å². The Bertz CT molecular complexity index is 891. The highest BCUT2D eigenvalue weighted by Gasteiger charge is 2.43. The van der Waals surface area contributed by atoms with Crippen molar-refractivity contribution >= 4 is 35.6 Å². The molecule has 29 heavy (non-hydrogen) atoms. The Balaban J connectivity index is 0.00000205. The van der Waals surface area contributed by atoms with Crippen molar-refractivity contribution in [3.8, 4) is 0 Å². The van der Waals surface area contributed by atoms with Gasteiger partial charge in [-0.3, -0.25) is 4.79 Å². The third-order valence-electron chi connectivity index (χ3n) is 6.41. The van der Waals surface area contributed by atoms with Gasteiger partial charge in [-0.2, -0.15) is 0 Å². The first-order valence-electron chi connectivity index (χ1n) is 10.2. The molecule has 0 aliphatic carbocycles. The van der Waals surface area contributed by atoms with Crippen molar-refractivity contribution < 1.29 is 9.18 Å². The molecule has 1 fully saturated rings. The molecule has 1 saturated heterocycles. The molecule has 3 aliphatic heterocycles. The van der Waals surface area contributed by atoms with E-state index < -0.39 is 0 Å². The van der Waals surface area contributed by atoms with Gasteiger partial charge in [0.25, 0.3) is 0 Å². The van der Waals surface area contributed by atoms with Crippen LogP contribution in [0.1, 0.15) is 41.1 Å². The second kappa shape index (κ2) is 8.66. The van der Waals surface area contributed by atoms with Gasteiger partial charge in [0.2, 0.25) is 0 Å². The van der Waals surface area contributed by atoms with Gasteiger partial charge in [-0.15, -0.1) is 24.2 Å². The lowest BCUT2D eigenvalue weighted by molar-refractivity contribution is 0.0971. The van der Waals surface area contributed by atoms with Crippen LogP contribution in [0.15, 0.2) is 47.4 Å². The topological polar surface area (TPSA) is 23.6 Å². The van der Waals surface area contributed by atoms with E-state index in [2.05, 4.69) is 28.0 Å². The zero-order chi connectivity index (χ0) is 19.1. The maximum absolute atomic E-state index is 13.0. The second-order valence-corrected chi connectivity index (χ2v) is 9.17. The van der Waals surface area contributed by atoms with Gasteiger partial charge < -0.3 is 9.80 Å². The summed E-state index contributed by atoms with van der Waals surface area (Å²) < 4.78 is 13.0. The maximum Gasteiger partial charge on any atom is 0.162 e. The molecule has 154 valence electrons. The number of para-hydroxylation sites is 1. The maximum atomic E-state index is 13.0. The van der Waals surface area contributed by atoms with Crippen LogP contribution in [-0.4, -0.2) is 48.7 Å². The molecule has 0 spiro atoms. The predicted octanol–water partition coefficient (Wildman–Crippen LogP) is 4.99. The molecule has 2 atom stereocenters. The number of rotatable bonds is 5. The van der Waals surface area contributed by atoms with Crippen LogP contribution < -0.4 is 4.90 Å². The monoisotopic (exact) mass is 432 g/mol. The highest BCUT2D eigenvalue weighted by molar-refractivity contribution is 7.99. The van der Waals surface area contributed by atoms with Crippen LogP contribution in [0.25, 0.3) is 0 Å². The number of thioether (sulfide) groups is 1. The molecule has 0 unspecified atom stereocenters. The Hall–Kier alpha value is -1.56. The summed E-state index contributed by atoms with van der Waals surface area (Å²) in [5.74, 6) is 1.60. The molecule has 6 heteroatoms. The van der Waals surface area contributed by atoms with E-state index in [9.17, 15) is 9.18 Å². The quantitative estimate of drug-likeness (QED) is 0.621. The zero-order valence-electron chi connectivity index (χ0n) is 16.4. The van der Waals surface area contributed by atoms with Crippen LogP contribution in [0.3, 0.4) is 0 Å². The fourth-order valence-electron chi connectivity index (χ4n) is 5.09. The van der Waals surface area contributed by atoms with Crippen molar-refractivity contribution in [2.24, 2.45) is 0 Å². The molecule has 2 aromatic rings. The van der Waals surface area contributed by atoms with E-state index in [0.717, 1.165) is 26.1 Å². The number of carbonyl (C=O) groups is 1. The Morgan fingerprint density at radius 1 is 1.14 bits per heavy atom. The molecule has 0 aromatic heterocycles. The van der Waals surface area contributed by atoms with E-state index in [-0.39, 0.29) is 24.0 Å². The summed E-state index contributed by atoms with van der Waals surface area (Å²) in [7, 11) is 0. The van der Waals surface area contributed by atoms with Gasteiger partial charge in [0.15, 0.2) is 5.78 Å². The number of anilines is 1. The van der Waals surface area contributed by atoms with Crippen LogP contribution in [0, 0.1) is 5.82 Å². The van der Waals surface area contributed by atoms with Crippen LogP contribution >= 0.6 is 24.2 Å². The summed E-state index contributed by atoms with van der Waals surface area (Å²) in [6.45, 7) is 4.33. The van der Waals surface area contributed by atoms with E-state index >= 15 is 0 Å². The van der Waals surface area contributed by atoms with Crippen LogP contribution in [0.2, 0.25) is 0 Å². The van der Waals surface area contributed by atoms with E-state index in [1.165, 1.54) is 47.0 Å². The van der Waals surface area contributed by atoms with E-state index in [4.69, 9.17) is 0 Å². The van der Waals surface area contributed by atoms with Crippen molar-refractivity contribution in [3.05, 3.63) is 59.4 Å². The highest BCUT2D eigenvalue weighted by Crippen LogP contribution is 2.50. The van der Waals surface area contributed by atoms with Gasteiger partial charge >= 0.3 is 0 Å². The Kier molecular flexibility index (Phi) is 6.19. The molecule has 0 radical (unpaired) electrons. The van der Waals surface area contributed by atoms with Gasteiger partial charge in [-0.1, -0.05) is 12.1 Å². The summed E-state index contributed by atoms with van der Waals surface area (Å²) >= 11 is 1.99. The minimum Gasteiger partial charge on any atom is -0.366 e. The average Bonchev–Trinajstić information content (AvgIpc) is 3.04. The van der Waals surface area contributed by atoms with Gasteiger partial charge in [0.1, 0.15) is 5.82 Å². The lowest BCUT2D eigenvalue weighted by Gasteiger charge is -2.40. The van der Waals surface area contributed by atoms with Crippen molar-refractivity contribution in [1.29, 1.82) is 0 Å². The van der Waals surface area contributed by atoms with E-state index in [1.807, 2.05) is 11.8 Å². The molecule has 0 bridgehead atoms. The van der Waals surface area contributed by atoms with Crippen molar-refractivity contribution in [1.82, 2.24) is 4.90 Å². The third-order valence-corrected chi connectivity index (χ3v) is 7.44. The lowest BCUT2D eigenvalue weighted by atomic mass is 9.89. The Morgan fingerprint density at radius 3 is 2.79 bits per heavy atom. The number of ketones is 1. The van der Waals surface area contributed by atoms with Crippen LogP contribution in [0.5, 0.6) is 0 Å². The van der Waals surface area contributed by atoms with Crippen molar-refractivity contribution in [2.45, 2.75) is 36.1 Å². The molecule has 3 aliphatic rings. The normalized spacial score (nSPS) is 22.6. The molecular weight excluding hydrogens is 407 g/mol. The van der Waals surface area contributed by atoms with Crippen molar-refractivity contribution in [3.63, 3.8) is 0 Å².